The predicted octanol–water partition coefficient (Wildman–Crippen LogP) is 7.73. The van der Waals surface area contributed by atoms with Crippen molar-refractivity contribution in [3.05, 3.63) is 35.3 Å². The Hall–Kier alpha value is -1.22. The highest BCUT2D eigenvalue weighted by atomic mass is 16.5. The van der Waals surface area contributed by atoms with E-state index in [0.29, 0.717) is 17.4 Å². The summed E-state index contributed by atoms with van der Waals surface area (Å²) in [5.74, 6) is 5.52. The van der Waals surface area contributed by atoms with E-state index in [1.807, 2.05) is 7.11 Å². The Morgan fingerprint density at radius 3 is 2.38 bits per heavy atom. The van der Waals surface area contributed by atoms with Gasteiger partial charge in [-0.05, 0) is 113 Å². The van der Waals surface area contributed by atoms with Gasteiger partial charge in [0.25, 0.3) is 0 Å². The van der Waals surface area contributed by atoms with Crippen LogP contribution in [0.1, 0.15) is 97.3 Å². The number of ether oxygens (including phenoxy) is 3. The molecule has 0 heterocycles. The van der Waals surface area contributed by atoms with Gasteiger partial charge in [0.15, 0.2) is 0 Å². The number of methoxy groups -OCH3 is 1. The Bertz CT molecular complexity index is 870. The van der Waals surface area contributed by atoms with E-state index < -0.39 is 0 Å². The third kappa shape index (κ3) is 3.71. The molecule has 0 radical (unpaired) electrons. The van der Waals surface area contributed by atoms with Crippen molar-refractivity contribution < 1.29 is 14.2 Å². The third-order valence-corrected chi connectivity index (χ3v) is 11.0. The van der Waals surface area contributed by atoms with Gasteiger partial charge in [-0.1, -0.05) is 19.4 Å². The minimum atomic E-state index is 0.218. The first-order valence-electron chi connectivity index (χ1n) is 14.5. The van der Waals surface area contributed by atoms with Crippen molar-refractivity contribution in [2.75, 3.05) is 13.7 Å². The molecule has 6 rings (SSSR count). The fourth-order valence-electron chi connectivity index (χ4n) is 9.52. The maximum atomic E-state index is 6.71. The molecule has 8 atom stereocenters. The number of fused-ring (bicyclic) bond motifs is 5. The van der Waals surface area contributed by atoms with E-state index in [1.54, 1.807) is 5.57 Å². The van der Waals surface area contributed by atoms with Gasteiger partial charge in [-0.15, -0.1) is 0 Å². The van der Waals surface area contributed by atoms with Crippen LogP contribution in [0.3, 0.4) is 0 Å². The molecule has 0 aromatic rings. The molecule has 0 aliphatic heterocycles. The lowest BCUT2D eigenvalue weighted by molar-refractivity contribution is -0.111. The molecule has 3 saturated carbocycles. The van der Waals surface area contributed by atoms with E-state index in [0.717, 1.165) is 43.6 Å². The molecule has 3 fully saturated rings. The standard InChI is InChI=1S/C31H46O3/c1-21-18-25-26-12-13-29(34-23-10-6-7-11-23)30(26,2)16-15-27(25)31(20-32-3)17-14-24(19-28(21)31)33-22-8-4-5-9-22/h8,10,19,21,24-27,29H,4-7,9,11-18,20H2,1-3H3/t21?,24?,25-,26-,27+,29?,30-,31-/m0/s1. The number of hydrogen-bond donors (Lipinski definition) is 0. The molecule has 0 spiro atoms. The van der Waals surface area contributed by atoms with Crippen molar-refractivity contribution in [2.45, 2.75) is 110 Å². The lowest BCUT2D eigenvalue weighted by Gasteiger charge is -2.60. The summed E-state index contributed by atoms with van der Waals surface area (Å²) in [4.78, 5) is 0. The minimum absolute atomic E-state index is 0.218. The zero-order chi connectivity index (χ0) is 23.3. The van der Waals surface area contributed by atoms with Crippen LogP contribution in [0.2, 0.25) is 0 Å². The predicted molar refractivity (Wildman–Crippen MR) is 136 cm³/mol. The summed E-state index contributed by atoms with van der Waals surface area (Å²) in [6.07, 6.45) is 24.1. The fraction of sp³-hybridized carbons (Fsp3) is 0.806. The van der Waals surface area contributed by atoms with E-state index in [-0.39, 0.29) is 11.5 Å². The zero-order valence-electron chi connectivity index (χ0n) is 21.8. The first-order valence-corrected chi connectivity index (χ1v) is 14.5. The molecule has 0 N–H and O–H groups in total. The molecule has 3 heteroatoms. The molecule has 188 valence electrons. The van der Waals surface area contributed by atoms with Crippen LogP contribution in [0.15, 0.2) is 35.3 Å². The average Bonchev–Trinajstić information content (AvgIpc) is 3.58. The monoisotopic (exact) mass is 466 g/mol. The minimum Gasteiger partial charge on any atom is -0.495 e. The topological polar surface area (TPSA) is 27.7 Å². The van der Waals surface area contributed by atoms with Crippen LogP contribution in [-0.4, -0.2) is 25.9 Å². The quantitative estimate of drug-likeness (QED) is 0.375. The summed E-state index contributed by atoms with van der Waals surface area (Å²) in [6, 6.07) is 0. The van der Waals surface area contributed by atoms with Crippen LogP contribution in [0, 0.1) is 34.5 Å². The summed E-state index contributed by atoms with van der Waals surface area (Å²) in [6.45, 7) is 5.97. The van der Waals surface area contributed by atoms with Gasteiger partial charge in [0, 0.05) is 30.8 Å². The summed E-state index contributed by atoms with van der Waals surface area (Å²) in [5.41, 5.74) is 2.24. The molecule has 0 bridgehead atoms. The van der Waals surface area contributed by atoms with Crippen molar-refractivity contribution in [1.82, 2.24) is 0 Å². The normalized spacial score (nSPS) is 45.6. The highest BCUT2D eigenvalue weighted by molar-refractivity contribution is 5.29. The van der Waals surface area contributed by atoms with Gasteiger partial charge in [-0.2, -0.15) is 0 Å². The van der Waals surface area contributed by atoms with Gasteiger partial charge >= 0.3 is 0 Å². The third-order valence-electron chi connectivity index (χ3n) is 11.0. The second-order valence-corrected chi connectivity index (χ2v) is 12.8. The molecule has 6 aliphatic rings. The lowest BCUT2D eigenvalue weighted by atomic mass is 9.45. The van der Waals surface area contributed by atoms with Crippen molar-refractivity contribution in [3.8, 4) is 0 Å². The molecule has 0 aromatic heterocycles. The Morgan fingerprint density at radius 2 is 1.68 bits per heavy atom. The molecule has 0 saturated heterocycles. The Balaban J connectivity index is 1.26. The highest BCUT2D eigenvalue weighted by Gasteiger charge is 2.62. The van der Waals surface area contributed by atoms with Gasteiger partial charge in [0.2, 0.25) is 0 Å². The van der Waals surface area contributed by atoms with Gasteiger partial charge in [-0.25, -0.2) is 0 Å². The van der Waals surface area contributed by atoms with E-state index in [4.69, 9.17) is 14.2 Å². The van der Waals surface area contributed by atoms with Crippen molar-refractivity contribution in [2.24, 2.45) is 34.5 Å². The first kappa shape index (κ1) is 23.2. The molecule has 0 amide bonds. The van der Waals surface area contributed by atoms with Crippen LogP contribution in [-0.2, 0) is 14.2 Å². The molecular weight excluding hydrogens is 420 g/mol. The van der Waals surface area contributed by atoms with Crippen LogP contribution in [0.25, 0.3) is 0 Å². The number of hydrogen-bond acceptors (Lipinski definition) is 3. The Labute approximate surface area is 207 Å². The molecule has 0 aromatic carbocycles. The molecule has 3 unspecified atom stereocenters. The van der Waals surface area contributed by atoms with Crippen LogP contribution >= 0.6 is 0 Å². The second-order valence-electron chi connectivity index (χ2n) is 12.8. The van der Waals surface area contributed by atoms with Gasteiger partial charge in [0.05, 0.1) is 18.1 Å². The lowest BCUT2D eigenvalue weighted by Crippen LogP contribution is -2.55. The van der Waals surface area contributed by atoms with Crippen molar-refractivity contribution in [1.29, 1.82) is 0 Å². The van der Waals surface area contributed by atoms with Gasteiger partial charge in [-0.3, -0.25) is 0 Å². The molecular formula is C31H46O3. The van der Waals surface area contributed by atoms with Gasteiger partial charge in [0.1, 0.15) is 12.2 Å². The summed E-state index contributed by atoms with van der Waals surface area (Å²) >= 11 is 0. The van der Waals surface area contributed by atoms with E-state index in [2.05, 4.69) is 32.1 Å². The summed E-state index contributed by atoms with van der Waals surface area (Å²) in [7, 11) is 1.92. The number of allylic oxidation sites excluding steroid dienone is 4. The maximum Gasteiger partial charge on any atom is 0.117 e. The summed E-state index contributed by atoms with van der Waals surface area (Å²) < 4.78 is 19.2. The average molecular weight is 467 g/mol. The first-order chi connectivity index (χ1) is 16.5. The molecule has 6 aliphatic carbocycles. The van der Waals surface area contributed by atoms with Crippen LogP contribution in [0.5, 0.6) is 0 Å². The van der Waals surface area contributed by atoms with Gasteiger partial charge < -0.3 is 14.2 Å². The second kappa shape index (κ2) is 9.02. The van der Waals surface area contributed by atoms with E-state index >= 15 is 0 Å². The number of rotatable bonds is 6. The summed E-state index contributed by atoms with van der Waals surface area (Å²) in [5, 5.41) is 0. The Kier molecular flexibility index (Phi) is 6.15. The molecule has 34 heavy (non-hydrogen) atoms. The van der Waals surface area contributed by atoms with E-state index in [9.17, 15) is 0 Å². The highest BCUT2D eigenvalue weighted by Crippen LogP contribution is 2.67. The fourth-order valence-corrected chi connectivity index (χ4v) is 9.52. The van der Waals surface area contributed by atoms with Crippen molar-refractivity contribution >= 4 is 0 Å². The Morgan fingerprint density at radius 1 is 0.912 bits per heavy atom. The SMILES string of the molecule is COC[C@]12CCC(OC3=CCCC3)C=C1C(C)C[C@@H]1[C@H]2CC[C@]2(C)C(OC3=CCCC3)CC[C@@H]12. The van der Waals surface area contributed by atoms with Crippen LogP contribution < -0.4 is 0 Å². The largest absolute Gasteiger partial charge is 0.495 e. The van der Waals surface area contributed by atoms with E-state index in [1.165, 1.54) is 75.7 Å². The van der Waals surface area contributed by atoms with Crippen molar-refractivity contribution in [3.63, 3.8) is 0 Å². The molecule has 3 nitrogen and oxygen atoms in total. The zero-order valence-corrected chi connectivity index (χ0v) is 21.8. The smallest absolute Gasteiger partial charge is 0.117 e. The maximum absolute atomic E-state index is 6.71. The van der Waals surface area contributed by atoms with Crippen LogP contribution in [0.4, 0.5) is 0 Å².